The van der Waals surface area contributed by atoms with Gasteiger partial charge in [-0.25, -0.2) is 0 Å². The number of amides is 1. The third-order valence-corrected chi connectivity index (χ3v) is 3.43. The van der Waals surface area contributed by atoms with E-state index < -0.39 is 0 Å². The van der Waals surface area contributed by atoms with Gasteiger partial charge in [-0.05, 0) is 31.4 Å². The van der Waals surface area contributed by atoms with Crippen molar-refractivity contribution < 1.29 is 9.90 Å². The number of nitrogens with one attached hydrogen (secondary N) is 1. The van der Waals surface area contributed by atoms with E-state index in [1.807, 2.05) is 31.2 Å². The van der Waals surface area contributed by atoms with E-state index in [0.717, 1.165) is 18.4 Å². The Morgan fingerprint density at radius 1 is 1.39 bits per heavy atom. The van der Waals surface area contributed by atoms with Crippen LogP contribution >= 0.6 is 0 Å². The van der Waals surface area contributed by atoms with Gasteiger partial charge in [0.25, 0.3) is 0 Å². The quantitative estimate of drug-likeness (QED) is 0.778. The smallest absolute Gasteiger partial charge is 0.244 e. The summed E-state index contributed by atoms with van der Waals surface area (Å²) >= 11 is 0. The highest BCUT2D eigenvalue weighted by atomic mass is 16.3. The summed E-state index contributed by atoms with van der Waals surface area (Å²) < 4.78 is 0. The normalized spacial score (nSPS) is 16.8. The zero-order valence-corrected chi connectivity index (χ0v) is 10.6. The second-order valence-electron chi connectivity index (χ2n) is 5.12. The van der Waals surface area contributed by atoms with E-state index in [0.29, 0.717) is 6.54 Å². The summed E-state index contributed by atoms with van der Waals surface area (Å²) in [7, 11) is 0. The van der Waals surface area contributed by atoms with E-state index in [1.165, 1.54) is 11.6 Å². The minimum atomic E-state index is -0.102. The highest BCUT2D eigenvalue weighted by molar-refractivity contribution is 5.91. The van der Waals surface area contributed by atoms with Crippen molar-refractivity contribution in [1.29, 1.82) is 0 Å². The number of carbonyl (C=O) groups is 1. The fraction of sp³-hybridized carbons (Fsp3) is 0.400. The van der Waals surface area contributed by atoms with Gasteiger partial charge in [0.1, 0.15) is 0 Å². The number of aliphatic hydroxyl groups is 1. The van der Waals surface area contributed by atoms with Gasteiger partial charge >= 0.3 is 0 Å². The molecule has 1 aromatic carbocycles. The van der Waals surface area contributed by atoms with Crippen molar-refractivity contribution in [3.63, 3.8) is 0 Å². The van der Waals surface area contributed by atoms with Crippen molar-refractivity contribution in [2.24, 2.45) is 5.41 Å². The van der Waals surface area contributed by atoms with Gasteiger partial charge in [-0.3, -0.25) is 4.79 Å². The van der Waals surface area contributed by atoms with Crippen LogP contribution < -0.4 is 5.32 Å². The summed E-state index contributed by atoms with van der Waals surface area (Å²) in [6.45, 7) is 2.76. The second kappa shape index (κ2) is 5.36. The molecule has 18 heavy (non-hydrogen) atoms. The highest BCUT2D eigenvalue weighted by Crippen LogP contribution is 2.44. The molecular formula is C15H19NO2. The van der Waals surface area contributed by atoms with Crippen LogP contribution in [0.1, 0.15) is 24.0 Å². The average molecular weight is 245 g/mol. The van der Waals surface area contributed by atoms with Crippen LogP contribution in [0.4, 0.5) is 0 Å². The molecule has 0 spiro atoms. The lowest BCUT2D eigenvalue weighted by atomic mass is 10.1. The molecule has 1 amide bonds. The predicted octanol–water partition coefficient (Wildman–Crippen LogP) is 1.90. The zero-order chi connectivity index (χ0) is 13.0. The number of rotatable bonds is 5. The molecule has 0 atom stereocenters. The summed E-state index contributed by atoms with van der Waals surface area (Å²) in [5.74, 6) is -0.102. The maximum Gasteiger partial charge on any atom is 0.244 e. The van der Waals surface area contributed by atoms with Gasteiger partial charge in [-0.15, -0.1) is 0 Å². The van der Waals surface area contributed by atoms with Crippen molar-refractivity contribution in [2.75, 3.05) is 13.2 Å². The lowest BCUT2D eigenvalue weighted by Gasteiger charge is -2.11. The largest absolute Gasteiger partial charge is 0.396 e. The molecule has 0 unspecified atom stereocenters. The van der Waals surface area contributed by atoms with Crippen molar-refractivity contribution >= 4 is 12.0 Å². The molecule has 2 N–H and O–H groups in total. The van der Waals surface area contributed by atoms with Gasteiger partial charge in [-0.2, -0.15) is 0 Å². The Morgan fingerprint density at radius 2 is 2.06 bits per heavy atom. The fourth-order valence-electron chi connectivity index (χ4n) is 1.75. The van der Waals surface area contributed by atoms with Crippen LogP contribution in [-0.4, -0.2) is 24.2 Å². The number of aryl methyl sites for hydroxylation is 1. The lowest BCUT2D eigenvalue weighted by Crippen LogP contribution is -2.30. The number of benzene rings is 1. The first kappa shape index (κ1) is 12.8. The molecule has 1 fully saturated rings. The summed E-state index contributed by atoms with van der Waals surface area (Å²) in [5.41, 5.74) is 2.18. The maximum absolute atomic E-state index is 11.6. The van der Waals surface area contributed by atoms with Crippen LogP contribution in [0.25, 0.3) is 6.08 Å². The van der Waals surface area contributed by atoms with Gasteiger partial charge in [0.15, 0.2) is 0 Å². The Kier molecular flexibility index (Phi) is 3.82. The highest BCUT2D eigenvalue weighted by Gasteiger charge is 2.41. The van der Waals surface area contributed by atoms with Gasteiger partial charge in [0, 0.05) is 18.0 Å². The monoisotopic (exact) mass is 245 g/mol. The minimum absolute atomic E-state index is 0.0344. The minimum Gasteiger partial charge on any atom is -0.396 e. The van der Waals surface area contributed by atoms with Crippen molar-refractivity contribution in [2.45, 2.75) is 19.8 Å². The molecule has 3 nitrogen and oxygen atoms in total. The molecule has 0 bridgehead atoms. The van der Waals surface area contributed by atoms with Crippen LogP contribution in [0.5, 0.6) is 0 Å². The molecule has 0 saturated heterocycles. The van der Waals surface area contributed by atoms with Gasteiger partial charge in [-0.1, -0.05) is 29.8 Å². The van der Waals surface area contributed by atoms with Crippen molar-refractivity contribution in [3.8, 4) is 0 Å². The Morgan fingerprint density at radius 3 is 2.61 bits per heavy atom. The fourth-order valence-corrected chi connectivity index (χ4v) is 1.75. The van der Waals surface area contributed by atoms with Crippen LogP contribution in [0.15, 0.2) is 30.3 Å². The van der Waals surface area contributed by atoms with Gasteiger partial charge in [0.2, 0.25) is 5.91 Å². The zero-order valence-electron chi connectivity index (χ0n) is 10.6. The first-order chi connectivity index (χ1) is 8.63. The molecule has 3 heteroatoms. The molecule has 1 aromatic rings. The van der Waals surface area contributed by atoms with E-state index in [2.05, 4.69) is 5.32 Å². The summed E-state index contributed by atoms with van der Waals surface area (Å²) in [6, 6.07) is 8.00. The maximum atomic E-state index is 11.6. The molecule has 1 aliphatic carbocycles. The number of hydrogen-bond donors (Lipinski definition) is 2. The molecule has 1 saturated carbocycles. The third-order valence-electron chi connectivity index (χ3n) is 3.43. The standard InChI is InChI=1S/C15H19NO2/c1-12-2-4-13(5-3-12)6-7-14(18)16-10-15(11-17)8-9-15/h2-7,17H,8-11H2,1H3,(H,16,18)/b7-6+. The topological polar surface area (TPSA) is 49.3 Å². The predicted molar refractivity (Wildman–Crippen MR) is 72.0 cm³/mol. The second-order valence-corrected chi connectivity index (χ2v) is 5.12. The van der Waals surface area contributed by atoms with Crippen LogP contribution in [0, 0.1) is 12.3 Å². The average Bonchev–Trinajstić information content (AvgIpc) is 3.16. The molecule has 0 aromatic heterocycles. The number of aliphatic hydroxyl groups excluding tert-OH is 1. The Balaban J connectivity index is 1.81. The van der Waals surface area contributed by atoms with Crippen LogP contribution in [-0.2, 0) is 4.79 Å². The molecule has 0 aliphatic heterocycles. The first-order valence-corrected chi connectivity index (χ1v) is 6.27. The van der Waals surface area contributed by atoms with Crippen molar-refractivity contribution in [1.82, 2.24) is 5.32 Å². The van der Waals surface area contributed by atoms with Crippen LogP contribution in [0.2, 0.25) is 0 Å². The lowest BCUT2D eigenvalue weighted by molar-refractivity contribution is -0.116. The number of carbonyl (C=O) groups excluding carboxylic acids is 1. The van der Waals surface area contributed by atoms with E-state index in [9.17, 15) is 4.79 Å². The molecule has 0 heterocycles. The summed E-state index contributed by atoms with van der Waals surface area (Å²) in [6.07, 6.45) is 5.35. The number of hydrogen-bond acceptors (Lipinski definition) is 2. The molecule has 0 radical (unpaired) electrons. The Hall–Kier alpha value is -1.61. The first-order valence-electron chi connectivity index (χ1n) is 6.27. The summed E-state index contributed by atoms with van der Waals surface area (Å²) in [5, 5.41) is 12.0. The van der Waals surface area contributed by atoms with E-state index >= 15 is 0 Å². The van der Waals surface area contributed by atoms with Crippen LogP contribution in [0.3, 0.4) is 0 Å². The Bertz CT molecular complexity index is 444. The van der Waals surface area contributed by atoms with Gasteiger partial charge < -0.3 is 10.4 Å². The Labute approximate surface area is 108 Å². The van der Waals surface area contributed by atoms with E-state index in [4.69, 9.17) is 5.11 Å². The molecule has 96 valence electrons. The third kappa shape index (κ3) is 3.44. The molecule has 1 aliphatic rings. The molecular weight excluding hydrogens is 226 g/mol. The molecule has 2 rings (SSSR count). The van der Waals surface area contributed by atoms with E-state index in [1.54, 1.807) is 6.08 Å². The van der Waals surface area contributed by atoms with Gasteiger partial charge in [0.05, 0.1) is 6.61 Å². The SMILES string of the molecule is Cc1ccc(/C=C/C(=O)NCC2(CO)CC2)cc1. The summed E-state index contributed by atoms with van der Waals surface area (Å²) in [4.78, 5) is 11.6. The van der Waals surface area contributed by atoms with Crippen molar-refractivity contribution in [3.05, 3.63) is 41.5 Å². The van der Waals surface area contributed by atoms with E-state index in [-0.39, 0.29) is 17.9 Å².